The standard InChI is InChI=1S/C23H25Cl3FN3O/c24-18-11-19(25)21(27)9-15(18)12-30(16-5-6-22(28)20(26)10-16)17-7-8-29(13-17)23(31)14-3-1-2-4-14/h5-6,9-11,14,17H,1-4,7-8,12-13,28H2/t17-/m0/s1. The summed E-state index contributed by atoms with van der Waals surface area (Å²) in [6.45, 7) is 1.69. The van der Waals surface area contributed by atoms with Crippen molar-refractivity contribution in [3.8, 4) is 0 Å². The Labute approximate surface area is 197 Å². The highest BCUT2D eigenvalue weighted by Crippen LogP contribution is 2.34. The maximum Gasteiger partial charge on any atom is 0.225 e. The highest BCUT2D eigenvalue weighted by Gasteiger charge is 2.35. The van der Waals surface area contributed by atoms with Gasteiger partial charge in [-0.1, -0.05) is 47.6 Å². The smallest absolute Gasteiger partial charge is 0.225 e. The zero-order chi connectivity index (χ0) is 22.1. The number of carbonyl (C=O) groups is 1. The molecule has 2 fully saturated rings. The van der Waals surface area contributed by atoms with Gasteiger partial charge in [0.2, 0.25) is 5.91 Å². The van der Waals surface area contributed by atoms with Crippen LogP contribution in [0.1, 0.15) is 37.7 Å². The molecule has 1 saturated carbocycles. The van der Waals surface area contributed by atoms with Crippen LogP contribution in [0.2, 0.25) is 15.1 Å². The second kappa shape index (κ2) is 9.43. The Morgan fingerprint density at radius 3 is 2.52 bits per heavy atom. The molecule has 1 aliphatic carbocycles. The molecule has 1 amide bonds. The monoisotopic (exact) mass is 483 g/mol. The summed E-state index contributed by atoms with van der Waals surface area (Å²) in [5.41, 5.74) is 7.86. The molecule has 2 aromatic rings. The summed E-state index contributed by atoms with van der Waals surface area (Å²) in [4.78, 5) is 17.0. The van der Waals surface area contributed by atoms with Crippen molar-refractivity contribution in [1.82, 2.24) is 4.90 Å². The summed E-state index contributed by atoms with van der Waals surface area (Å²) in [5, 5.41) is 0.840. The minimum Gasteiger partial charge on any atom is -0.398 e. The fourth-order valence-corrected chi connectivity index (χ4v) is 5.24. The summed E-state index contributed by atoms with van der Waals surface area (Å²) >= 11 is 18.5. The summed E-state index contributed by atoms with van der Waals surface area (Å²) < 4.78 is 14.1. The van der Waals surface area contributed by atoms with E-state index >= 15 is 0 Å². The van der Waals surface area contributed by atoms with Crippen molar-refractivity contribution in [1.29, 1.82) is 0 Å². The Bertz CT molecular complexity index is 981. The van der Waals surface area contributed by atoms with E-state index in [1.165, 1.54) is 12.1 Å². The van der Waals surface area contributed by atoms with Crippen LogP contribution in [0.3, 0.4) is 0 Å². The molecule has 1 heterocycles. The van der Waals surface area contributed by atoms with Crippen LogP contribution in [-0.4, -0.2) is 29.9 Å². The maximum atomic E-state index is 14.1. The number of nitrogens with two attached hydrogens (primary N) is 1. The third kappa shape index (κ3) is 4.89. The molecule has 0 spiro atoms. The molecule has 166 valence electrons. The molecule has 8 heteroatoms. The molecular formula is C23H25Cl3FN3O. The van der Waals surface area contributed by atoms with Crippen LogP contribution in [0.25, 0.3) is 0 Å². The third-order valence-electron chi connectivity index (χ3n) is 6.37. The first kappa shape index (κ1) is 22.5. The first-order valence-electron chi connectivity index (χ1n) is 10.6. The van der Waals surface area contributed by atoms with E-state index in [4.69, 9.17) is 40.5 Å². The number of likely N-dealkylation sites (tertiary alicyclic amines) is 1. The number of anilines is 2. The van der Waals surface area contributed by atoms with Gasteiger partial charge in [-0.25, -0.2) is 4.39 Å². The van der Waals surface area contributed by atoms with Gasteiger partial charge in [-0.05, 0) is 55.2 Å². The average Bonchev–Trinajstić information content (AvgIpc) is 3.44. The predicted octanol–water partition coefficient (Wildman–Crippen LogP) is 6.17. The van der Waals surface area contributed by atoms with Gasteiger partial charge in [0, 0.05) is 42.3 Å². The van der Waals surface area contributed by atoms with E-state index in [9.17, 15) is 9.18 Å². The van der Waals surface area contributed by atoms with Gasteiger partial charge in [0.15, 0.2) is 0 Å². The lowest BCUT2D eigenvalue weighted by Gasteiger charge is -2.32. The van der Waals surface area contributed by atoms with Crippen LogP contribution < -0.4 is 10.6 Å². The largest absolute Gasteiger partial charge is 0.398 e. The lowest BCUT2D eigenvalue weighted by molar-refractivity contribution is -0.134. The molecule has 0 aromatic heterocycles. The summed E-state index contributed by atoms with van der Waals surface area (Å²) in [6.07, 6.45) is 5.04. The van der Waals surface area contributed by atoms with Crippen molar-refractivity contribution in [3.05, 3.63) is 56.8 Å². The van der Waals surface area contributed by atoms with Gasteiger partial charge in [-0.15, -0.1) is 0 Å². The topological polar surface area (TPSA) is 49.6 Å². The molecule has 0 unspecified atom stereocenters. The Hall–Kier alpha value is -1.69. The van der Waals surface area contributed by atoms with Crippen LogP contribution in [-0.2, 0) is 11.3 Å². The van der Waals surface area contributed by atoms with Crippen molar-refractivity contribution in [2.45, 2.75) is 44.7 Å². The number of rotatable bonds is 5. The Morgan fingerprint density at radius 1 is 1.06 bits per heavy atom. The molecule has 0 bridgehead atoms. The fourth-order valence-electron chi connectivity index (χ4n) is 4.62. The zero-order valence-corrected chi connectivity index (χ0v) is 19.4. The third-order valence-corrected chi connectivity index (χ3v) is 7.33. The summed E-state index contributed by atoms with van der Waals surface area (Å²) in [6, 6.07) is 8.30. The number of hydrogen-bond donors (Lipinski definition) is 1. The van der Waals surface area contributed by atoms with Crippen molar-refractivity contribution in [2.75, 3.05) is 23.7 Å². The van der Waals surface area contributed by atoms with Crippen LogP contribution in [0, 0.1) is 11.7 Å². The van der Waals surface area contributed by atoms with E-state index in [-0.39, 0.29) is 22.9 Å². The predicted molar refractivity (Wildman–Crippen MR) is 125 cm³/mol. The Morgan fingerprint density at radius 2 is 1.81 bits per heavy atom. The van der Waals surface area contributed by atoms with Crippen molar-refractivity contribution in [3.63, 3.8) is 0 Å². The maximum absolute atomic E-state index is 14.1. The molecule has 1 atom stereocenters. The lowest BCUT2D eigenvalue weighted by atomic mass is 10.1. The summed E-state index contributed by atoms with van der Waals surface area (Å²) in [7, 11) is 0. The first-order chi connectivity index (χ1) is 14.8. The lowest BCUT2D eigenvalue weighted by Crippen LogP contribution is -2.40. The van der Waals surface area contributed by atoms with Gasteiger partial charge >= 0.3 is 0 Å². The minimum absolute atomic E-state index is 0.00923. The van der Waals surface area contributed by atoms with Gasteiger partial charge in [-0.3, -0.25) is 4.79 Å². The van der Waals surface area contributed by atoms with Crippen LogP contribution >= 0.6 is 34.8 Å². The van der Waals surface area contributed by atoms with Crippen molar-refractivity contribution >= 4 is 52.1 Å². The average molecular weight is 485 g/mol. The fraction of sp³-hybridized carbons (Fsp3) is 0.435. The second-order valence-corrected chi connectivity index (χ2v) is 9.62. The number of nitrogen functional groups attached to an aromatic ring is 1. The molecule has 31 heavy (non-hydrogen) atoms. The van der Waals surface area contributed by atoms with Crippen LogP contribution in [0.15, 0.2) is 30.3 Å². The molecule has 2 N–H and O–H groups in total. The normalized spacial score (nSPS) is 19.2. The highest BCUT2D eigenvalue weighted by atomic mass is 35.5. The SMILES string of the molecule is Nc1ccc(N(Cc2cc(F)c(Cl)cc2Cl)[C@H]2CCN(C(=O)C3CCCC3)C2)cc1Cl. The zero-order valence-electron chi connectivity index (χ0n) is 17.1. The van der Waals surface area contributed by atoms with E-state index in [2.05, 4.69) is 4.90 Å². The number of halogens is 4. The Balaban J connectivity index is 1.60. The molecular weight excluding hydrogens is 460 g/mol. The van der Waals surface area contributed by atoms with Gasteiger partial charge < -0.3 is 15.5 Å². The van der Waals surface area contributed by atoms with Crippen molar-refractivity contribution in [2.24, 2.45) is 5.92 Å². The Kier molecular flexibility index (Phi) is 6.85. The molecule has 4 nitrogen and oxygen atoms in total. The van der Waals surface area contributed by atoms with Gasteiger partial charge in [0.1, 0.15) is 5.82 Å². The van der Waals surface area contributed by atoms with Gasteiger partial charge in [-0.2, -0.15) is 0 Å². The molecule has 0 radical (unpaired) electrons. The van der Waals surface area contributed by atoms with E-state index in [0.29, 0.717) is 40.9 Å². The van der Waals surface area contributed by atoms with Gasteiger partial charge in [0.05, 0.1) is 15.7 Å². The quantitative estimate of drug-likeness (QED) is 0.408. The minimum atomic E-state index is -0.513. The number of nitrogens with zero attached hydrogens (tertiary/aromatic N) is 2. The number of hydrogen-bond acceptors (Lipinski definition) is 3. The number of carbonyl (C=O) groups excluding carboxylic acids is 1. The van der Waals surface area contributed by atoms with E-state index < -0.39 is 5.82 Å². The van der Waals surface area contributed by atoms with Crippen molar-refractivity contribution < 1.29 is 9.18 Å². The molecule has 2 aromatic carbocycles. The molecule has 1 aliphatic heterocycles. The molecule has 2 aliphatic rings. The number of benzene rings is 2. The van der Waals surface area contributed by atoms with E-state index in [1.54, 1.807) is 12.1 Å². The highest BCUT2D eigenvalue weighted by molar-refractivity contribution is 6.35. The number of amides is 1. The van der Waals surface area contributed by atoms with E-state index in [1.807, 2.05) is 11.0 Å². The van der Waals surface area contributed by atoms with E-state index in [0.717, 1.165) is 37.8 Å². The second-order valence-electron chi connectivity index (χ2n) is 8.40. The van der Waals surface area contributed by atoms with Crippen LogP contribution in [0.4, 0.5) is 15.8 Å². The molecule has 1 saturated heterocycles. The summed E-state index contributed by atoms with van der Waals surface area (Å²) in [5.74, 6) is -0.107. The van der Waals surface area contributed by atoms with Gasteiger partial charge in [0.25, 0.3) is 0 Å². The first-order valence-corrected chi connectivity index (χ1v) is 11.7. The van der Waals surface area contributed by atoms with Crippen LogP contribution in [0.5, 0.6) is 0 Å². The molecule has 4 rings (SSSR count).